The zero-order chi connectivity index (χ0) is 31.8. The van der Waals surface area contributed by atoms with Gasteiger partial charge in [-0.15, -0.1) is 0 Å². The van der Waals surface area contributed by atoms with Gasteiger partial charge in [-0.1, -0.05) is 0 Å². The van der Waals surface area contributed by atoms with Gasteiger partial charge in [-0.05, 0) is 50.8 Å². The number of ether oxygens (including phenoxy) is 1. The SMILES string of the molecule is CCOc1cncc(-c2ccc(NC(=O)C3(c4ccnc(NS(=O)(=O)C5CC5)n4)CCN(S(=O)(=O)C(F)(F)F)CC3)nc2)n1. The number of sulfonamides is 2. The first-order valence-electron chi connectivity index (χ1n) is 13.4. The molecule has 0 radical (unpaired) electrons. The highest BCUT2D eigenvalue weighted by atomic mass is 32.2. The fraction of sp³-hybridized carbons (Fsp3) is 0.440. The van der Waals surface area contributed by atoms with Gasteiger partial charge in [0, 0.05) is 31.0 Å². The van der Waals surface area contributed by atoms with Crippen molar-refractivity contribution in [2.45, 2.75) is 48.8 Å². The number of piperidine rings is 1. The lowest BCUT2D eigenvalue weighted by Gasteiger charge is -2.39. The lowest BCUT2D eigenvalue weighted by molar-refractivity contribution is -0.123. The quantitative estimate of drug-likeness (QED) is 0.326. The summed E-state index contributed by atoms with van der Waals surface area (Å²) in [6.07, 6.45) is 5.76. The molecule has 1 saturated heterocycles. The van der Waals surface area contributed by atoms with Crippen LogP contribution < -0.4 is 14.8 Å². The average Bonchev–Trinajstić information content (AvgIpc) is 3.84. The van der Waals surface area contributed by atoms with E-state index in [1.165, 1.54) is 36.9 Å². The summed E-state index contributed by atoms with van der Waals surface area (Å²) in [6.45, 7) is 0.893. The molecule has 1 saturated carbocycles. The number of nitrogens with zero attached hydrogens (tertiary/aromatic N) is 6. The van der Waals surface area contributed by atoms with Gasteiger partial charge in [0.2, 0.25) is 27.8 Å². The Bertz CT molecular complexity index is 1750. The summed E-state index contributed by atoms with van der Waals surface area (Å²) in [4.78, 5) is 34.7. The van der Waals surface area contributed by atoms with Crippen molar-refractivity contribution < 1.29 is 39.5 Å². The van der Waals surface area contributed by atoms with Crippen LogP contribution in [-0.2, 0) is 30.3 Å². The van der Waals surface area contributed by atoms with E-state index in [1.54, 1.807) is 13.0 Å². The van der Waals surface area contributed by atoms with Crippen molar-refractivity contribution in [2.75, 3.05) is 29.7 Å². The number of carbonyl (C=O) groups excluding carboxylic acids is 1. The van der Waals surface area contributed by atoms with Gasteiger partial charge in [-0.3, -0.25) is 14.5 Å². The van der Waals surface area contributed by atoms with E-state index in [0.29, 0.717) is 36.6 Å². The third kappa shape index (κ3) is 6.43. The molecule has 4 heterocycles. The van der Waals surface area contributed by atoms with Crippen LogP contribution in [-0.4, -0.2) is 82.4 Å². The van der Waals surface area contributed by atoms with Gasteiger partial charge in [0.1, 0.15) is 5.82 Å². The Balaban J connectivity index is 1.42. The maximum atomic E-state index is 13.9. The first kappa shape index (κ1) is 31.5. The molecule has 5 rings (SSSR count). The maximum absolute atomic E-state index is 13.9. The molecule has 14 nitrogen and oxygen atoms in total. The molecule has 1 amide bonds. The summed E-state index contributed by atoms with van der Waals surface area (Å²) in [6, 6.07) is 4.43. The Kier molecular flexibility index (Phi) is 8.47. The fourth-order valence-corrected chi connectivity index (χ4v) is 6.91. The maximum Gasteiger partial charge on any atom is 0.511 e. The molecule has 2 N–H and O–H groups in total. The molecule has 19 heteroatoms. The Morgan fingerprint density at radius 3 is 2.39 bits per heavy atom. The van der Waals surface area contributed by atoms with Gasteiger partial charge in [0.15, 0.2) is 0 Å². The van der Waals surface area contributed by atoms with Crippen LogP contribution in [0.5, 0.6) is 5.88 Å². The summed E-state index contributed by atoms with van der Waals surface area (Å²) in [7, 11) is -9.41. The van der Waals surface area contributed by atoms with Crippen molar-refractivity contribution in [3.8, 4) is 17.1 Å². The minimum Gasteiger partial charge on any atom is -0.477 e. The van der Waals surface area contributed by atoms with E-state index in [2.05, 4.69) is 35.0 Å². The number of alkyl halides is 3. The smallest absolute Gasteiger partial charge is 0.477 e. The zero-order valence-corrected chi connectivity index (χ0v) is 24.8. The van der Waals surface area contributed by atoms with Crippen LogP contribution in [0.2, 0.25) is 0 Å². The average molecular weight is 657 g/mol. The topological polar surface area (TPSA) is 186 Å². The number of rotatable bonds is 10. The second-order valence-electron chi connectivity index (χ2n) is 10.1. The second kappa shape index (κ2) is 11.8. The van der Waals surface area contributed by atoms with Gasteiger partial charge < -0.3 is 10.1 Å². The number of hydrogen-bond donors (Lipinski definition) is 2. The van der Waals surface area contributed by atoms with Gasteiger partial charge in [0.25, 0.3) is 0 Å². The number of nitrogens with one attached hydrogen (secondary N) is 2. The molecular formula is C25H27F3N8O6S2. The molecule has 0 spiro atoms. The normalized spacial score (nSPS) is 17.5. The molecule has 1 aliphatic carbocycles. The van der Waals surface area contributed by atoms with E-state index in [4.69, 9.17) is 4.74 Å². The number of aromatic nitrogens is 5. The summed E-state index contributed by atoms with van der Waals surface area (Å²) in [5, 5.41) is 2.05. The van der Waals surface area contributed by atoms with Crippen molar-refractivity contribution in [1.82, 2.24) is 29.2 Å². The lowest BCUT2D eigenvalue weighted by atomic mass is 9.75. The van der Waals surface area contributed by atoms with E-state index < -0.39 is 68.1 Å². The molecule has 2 fully saturated rings. The first-order chi connectivity index (χ1) is 20.7. The third-order valence-corrected chi connectivity index (χ3v) is 10.6. The summed E-state index contributed by atoms with van der Waals surface area (Å²) in [5.41, 5.74) is -6.16. The number of halogens is 3. The van der Waals surface area contributed by atoms with Gasteiger partial charge in [-0.25, -0.2) is 36.8 Å². The minimum absolute atomic E-state index is 0.00203. The van der Waals surface area contributed by atoms with Crippen LogP contribution >= 0.6 is 0 Å². The minimum atomic E-state index is -5.64. The molecular weight excluding hydrogens is 629 g/mol. The van der Waals surface area contributed by atoms with Crippen molar-refractivity contribution >= 4 is 37.7 Å². The van der Waals surface area contributed by atoms with Crippen molar-refractivity contribution in [1.29, 1.82) is 0 Å². The zero-order valence-electron chi connectivity index (χ0n) is 23.2. The van der Waals surface area contributed by atoms with Gasteiger partial charge in [-0.2, -0.15) is 17.5 Å². The van der Waals surface area contributed by atoms with Crippen molar-refractivity contribution in [2.24, 2.45) is 0 Å². The highest BCUT2D eigenvalue weighted by molar-refractivity contribution is 7.93. The Morgan fingerprint density at radius 2 is 1.77 bits per heavy atom. The Labute approximate surface area is 250 Å². The molecule has 236 valence electrons. The first-order valence-corrected chi connectivity index (χ1v) is 16.4. The van der Waals surface area contributed by atoms with E-state index in [9.17, 15) is 34.8 Å². The molecule has 0 atom stereocenters. The molecule has 0 unspecified atom stereocenters. The number of anilines is 2. The number of pyridine rings is 1. The second-order valence-corrected chi connectivity index (χ2v) is 14.0. The fourth-order valence-electron chi connectivity index (χ4n) is 4.68. The Morgan fingerprint density at radius 1 is 1.05 bits per heavy atom. The van der Waals surface area contributed by atoms with E-state index in [-0.39, 0.29) is 21.8 Å². The highest BCUT2D eigenvalue weighted by Crippen LogP contribution is 2.39. The molecule has 2 aliphatic rings. The van der Waals surface area contributed by atoms with Crippen LogP contribution in [0.3, 0.4) is 0 Å². The summed E-state index contributed by atoms with van der Waals surface area (Å²) in [5.74, 6) is -0.646. The van der Waals surface area contributed by atoms with Crippen LogP contribution in [0, 0.1) is 0 Å². The monoisotopic (exact) mass is 656 g/mol. The molecule has 1 aliphatic heterocycles. The molecule has 44 heavy (non-hydrogen) atoms. The van der Waals surface area contributed by atoms with Crippen LogP contribution in [0.1, 0.15) is 38.3 Å². The van der Waals surface area contributed by atoms with E-state index >= 15 is 0 Å². The van der Waals surface area contributed by atoms with Crippen LogP contribution in [0.4, 0.5) is 24.9 Å². The number of carbonyl (C=O) groups is 1. The number of hydrogen-bond acceptors (Lipinski definition) is 11. The van der Waals surface area contributed by atoms with Gasteiger partial charge in [0.05, 0.1) is 41.1 Å². The molecule has 0 bridgehead atoms. The summed E-state index contributed by atoms with van der Waals surface area (Å²) >= 11 is 0. The van der Waals surface area contributed by atoms with Crippen molar-refractivity contribution in [3.63, 3.8) is 0 Å². The molecule has 3 aromatic heterocycles. The van der Waals surface area contributed by atoms with Gasteiger partial charge >= 0.3 is 15.5 Å². The lowest BCUT2D eigenvalue weighted by Crippen LogP contribution is -2.53. The Hall–Kier alpha value is -3.97. The number of amides is 1. The van der Waals surface area contributed by atoms with Crippen LogP contribution in [0.15, 0.2) is 43.0 Å². The predicted molar refractivity (Wildman–Crippen MR) is 150 cm³/mol. The van der Waals surface area contributed by atoms with Crippen LogP contribution in [0.25, 0.3) is 11.3 Å². The molecule has 0 aromatic carbocycles. The third-order valence-electron chi connectivity index (χ3n) is 7.19. The summed E-state index contributed by atoms with van der Waals surface area (Å²) < 4.78 is 96.7. The van der Waals surface area contributed by atoms with E-state index in [1.807, 2.05) is 0 Å². The predicted octanol–water partition coefficient (Wildman–Crippen LogP) is 2.45. The molecule has 3 aromatic rings. The standard InChI is InChI=1S/C25H27F3N8O6S2/c1-2-42-21-15-29-14-18(32-21)16-3-6-20(31-13-16)34-22(37)24(8-11-36(12-9-24)44(40,41)25(26,27)28)19-7-10-30-23(33-19)35-43(38,39)17-4-5-17/h3,6-7,10,13-15,17H,2,4-5,8-9,11-12H2,1H3,(H,30,33,35)(H,31,34,37). The van der Waals surface area contributed by atoms with E-state index in [0.717, 1.165) is 0 Å². The largest absolute Gasteiger partial charge is 0.511 e. The highest BCUT2D eigenvalue weighted by Gasteiger charge is 2.54. The van der Waals surface area contributed by atoms with Crippen molar-refractivity contribution in [3.05, 3.63) is 48.7 Å².